The summed E-state index contributed by atoms with van der Waals surface area (Å²) in [7, 11) is 0. The maximum Gasteiger partial charge on any atom is 0.210 e. The van der Waals surface area contributed by atoms with E-state index < -0.39 is 0 Å². The molecule has 0 radical (unpaired) electrons. The Bertz CT molecular complexity index is 1460. The predicted octanol–water partition coefficient (Wildman–Crippen LogP) is 10.6. The average Bonchev–Trinajstić information content (AvgIpc) is 3.77. The van der Waals surface area contributed by atoms with Crippen molar-refractivity contribution in [3.63, 3.8) is 0 Å². The molecule has 1 heterocycles. The standard InChI is InChI=1S/C40H51N2/c1-4-41(5-2)35-25-21-32(22-26-35)23-28-38-40(3,30-33-17-8-9-18-33)39-36-20-11-10-19-34(36)24-27-37(39)42(38)29-13-12-16-31-14-6-7-15-31/h10-11,17,19-28,31H,4-9,12-16,18,29-30H2,1-3H3/q+1. The van der Waals surface area contributed by atoms with Gasteiger partial charge in [0, 0.05) is 42.9 Å². The van der Waals surface area contributed by atoms with Gasteiger partial charge in [0.05, 0.1) is 5.41 Å². The van der Waals surface area contributed by atoms with E-state index in [4.69, 9.17) is 0 Å². The molecule has 2 nitrogen and oxygen atoms in total. The highest BCUT2D eigenvalue weighted by Gasteiger charge is 2.49. The van der Waals surface area contributed by atoms with Crippen molar-refractivity contribution in [2.24, 2.45) is 5.92 Å². The Morgan fingerprint density at radius 3 is 2.40 bits per heavy atom. The van der Waals surface area contributed by atoms with E-state index in [1.807, 2.05) is 0 Å². The maximum atomic E-state index is 2.71. The monoisotopic (exact) mass is 559 g/mol. The van der Waals surface area contributed by atoms with Gasteiger partial charge in [-0.2, -0.15) is 4.58 Å². The molecule has 2 heteroatoms. The van der Waals surface area contributed by atoms with Crippen LogP contribution < -0.4 is 4.90 Å². The molecule has 0 bridgehead atoms. The summed E-state index contributed by atoms with van der Waals surface area (Å²) in [5, 5.41) is 2.79. The lowest BCUT2D eigenvalue weighted by Gasteiger charge is -2.25. The van der Waals surface area contributed by atoms with Crippen molar-refractivity contribution >= 4 is 33.9 Å². The van der Waals surface area contributed by atoms with Crippen LogP contribution in [0.15, 0.2) is 78.4 Å². The second-order valence-corrected chi connectivity index (χ2v) is 13.2. The van der Waals surface area contributed by atoms with Crippen molar-refractivity contribution in [2.75, 3.05) is 24.5 Å². The van der Waals surface area contributed by atoms with E-state index in [0.717, 1.165) is 32.0 Å². The first kappa shape index (κ1) is 29.0. The molecule has 0 aromatic heterocycles. The molecule has 3 aromatic rings. The molecule has 1 aliphatic heterocycles. The first-order chi connectivity index (χ1) is 20.6. The van der Waals surface area contributed by atoms with Crippen molar-refractivity contribution in [2.45, 2.75) is 96.8 Å². The van der Waals surface area contributed by atoms with Gasteiger partial charge in [-0.3, -0.25) is 0 Å². The van der Waals surface area contributed by atoms with Crippen LogP contribution in [0, 0.1) is 5.92 Å². The van der Waals surface area contributed by atoms with Gasteiger partial charge in [0.15, 0.2) is 5.71 Å². The number of unbranched alkanes of at least 4 members (excludes halogenated alkanes) is 1. The summed E-state index contributed by atoms with van der Waals surface area (Å²) in [4.78, 5) is 2.42. The molecule has 2 aliphatic carbocycles. The summed E-state index contributed by atoms with van der Waals surface area (Å²) in [6.45, 7) is 10.2. The van der Waals surface area contributed by atoms with Crippen LogP contribution in [0.2, 0.25) is 0 Å². The van der Waals surface area contributed by atoms with Gasteiger partial charge in [-0.1, -0.05) is 80.2 Å². The quantitative estimate of drug-likeness (QED) is 0.121. The third-order valence-electron chi connectivity index (χ3n) is 10.5. The zero-order valence-corrected chi connectivity index (χ0v) is 26.4. The highest BCUT2D eigenvalue weighted by Crippen LogP contribution is 2.49. The minimum absolute atomic E-state index is 0.0461. The topological polar surface area (TPSA) is 6.25 Å². The number of fused-ring (bicyclic) bond motifs is 3. The fraction of sp³-hybridized carbons (Fsp3) is 0.475. The van der Waals surface area contributed by atoms with Crippen molar-refractivity contribution in [1.29, 1.82) is 0 Å². The Morgan fingerprint density at radius 2 is 1.67 bits per heavy atom. The summed E-state index contributed by atoms with van der Waals surface area (Å²) in [5.41, 5.74) is 8.65. The van der Waals surface area contributed by atoms with Crippen LogP contribution in [0.3, 0.4) is 0 Å². The molecule has 220 valence electrons. The van der Waals surface area contributed by atoms with Gasteiger partial charge in [0.25, 0.3) is 0 Å². The molecule has 3 aliphatic rings. The van der Waals surface area contributed by atoms with Crippen molar-refractivity contribution in [1.82, 2.24) is 0 Å². The van der Waals surface area contributed by atoms with Crippen LogP contribution in [-0.4, -0.2) is 29.9 Å². The minimum Gasteiger partial charge on any atom is -0.372 e. The fourth-order valence-corrected chi connectivity index (χ4v) is 8.23. The Kier molecular flexibility index (Phi) is 8.98. The van der Waals surface area contributed by atoms with Gasteiger partial charge in [0.2, 0.25) is 5.69 Å². The lowest BCUT2D eigenvalue weighted by Crippen LogP contribution is -2.32. The van der Waals surface area contributed by atoms with Gasteiger partial charge in [-0.05, 0) is 99.4 Å². The summed E-state index contributed by atoms with van der Waals surface area (Å²) >= 11 is 0. The smallest absolute Gasteiger partial charge is 0.210 e. The fourth-order valence-electron chi connectivity index (χ4n) is 8.23. The van der Waals surface area contributed by atoms with Crippen LogP contribution in [0.4, 0.5) is 11.4 Å². The van der Waals surface area contributed by atoms with Gasteiger partial charge >= 0.3 is 0 Å². The van der Waals surface area contributed by atoms with E-state index in [2.05, 4.69) is 109 Å². The van der Waals surface area contributed by atoms with Crippen LogP contribution in [-0.2, 0) is 5.41 Å². The van der Waals surface area contributed by atoms with E-state index >= 15 is 0 Å². The molecular weight excluding hydrogens is 508 g/mol. The third kappa shape index (κ3) is 5.87. The molecule has 1 saturated carbocycles. The van der Waals surface area contributed by atoms with E-state index in [0.29, 0.717) is 0 Å². The third-order valence-corrected chi connectivity index (χ3v) is 10.5. The Morgan fingerprint density at radius 1 is 0.881 bits per heavy atom. The van der Waals surface area contributed by atoms with Gasteiger partial charge < -0.3 is 4.90 Å². The van der Waals surface area contributed by atoms with Gasteiger partial charge in [-0.15, -0.1) is 0 Å². The molecule has 0 spiro atoms. The number of rotatable bonds is 12. The molecule has 0 N–H and O–H groups in total. The van der Waals surface area contributed by atoms with Gasteiger partial charge in [-0.25, -0.2) is 0 Å². The Labute approximate surface area is 254 Å². The molecular formula is C40H51N2+. The highest BCUT2D eigenvalue weighted by atomic mass is 15.1. The second-order valence-electron chi connectivity index (χ2n) is 13.2. The summed E-state index contributed by atoms with van der Waals surface area (Å²) in [6.07, 6.45) is 22.1. The number of nitrogens with zero attached hydrogens (tertiary/aromatic N) is 2. The summed E-state index contributed by atoms with van der Waals surface area (Å²) < 4.78 is 2.71. The van der Waals surface area contributed by atoms with E-state index in [1.165, 1.54) is 97.6 Å². The van der Waals surface area contributed by atoms with Crippen molar-refractivity contribution in [3.05, 3.63) is 89.5 Å². The zero-order valence-electron chi connectivity index (χ0n) is 26.4. The molecule has 0 amide bonds. The molecule has 42 heavy (non-hydrogen) atoms. The molecule has 1 atom stereocenters. The Hall–Kier alpha value is -3.13. The molecule has 1 unspecified atom stereocenters. The molecule has 0 saturated heterocycles. The number of hydrogen-bond acceptors (Lipinski definition) is 1. The second kappa shape index (κ2) is 13.0. The number of allylic oxidation sites excluding steroid dienone is 3. The maximum absolute atomic E-state index is 2.71. The van der Waals surface area contributed by atoms with Crippen LogP contribution >= 0.6 is 0 Å². The lowest BCUT2D eigenvalue weighted by molar-refractivity contribution is -0.438. The minimum atomic E-state index is -0.0461. The van der Waals surface area contributed by atoms with E-state index in [-0.39, 0.29) is 5.41 Å². The predicted molar refractivity (Wildman–Crippen MR) is 182 cm³/mol. The summed E-state index contributed by atoms with van der Waals surface area (Å²) in [5.74, 6) is 0.974. The first-order valence-corrected chi connectivity index (χ1v) is 17.0. The highest BCUT2D eigenvalue weighted by molar-refractivity contribution is 6.09. The molecule has 3 aromatic carbocycles. The molecule has 6 rings (SSSR count). The SMILES string of the molecule is CCN(CC)c1ccc(C=CC2=[N+](CCCCC3CCCC3)c3ccc4ccccc4c3C2(C)CC2=CCCC2)cc1. The average molecular weight is 560 g/mol. The van der Waals surface area contributed by atoms with Crippen LogP contribution in [0.25, 0.3) is 16.8 Å². The van der Waals surface area contributed by atoms with Crippen LogP contribution in [0.1, 0.15) is 103 Å². The number of anilines is 1. The first-order valence-electron chi connectivity index (χ1n) is 17.0. The molecule has 1 fully saturated rings. The Balaban J connectivity index is 1.38. The lowest BCUT2D eigenvalue weighted by atomic mass is 9.72. The van der Waals surface area contributed by atoms with E-state index in [9.17, 15) is 0 Å². The normalized spacial score (nSPS) is 20.7. The van der Waals surface area contributed by atoms with Crippen molar-refractivity contribution in [3.8, 4) is 0 Å². The zero-order chi connectivity index (χ0) is 28.9. The van der Waals surface area contributed by atoms with E-state index in [1.54, 1.807) is 11.1 Å². The van der Waals surface area contributed by atoms with Crippen LogP contribution in [0.5, 0.6) is 0 Å². The summed E-state index contributed by atoms with van der Waals surface area (Å²) in [6, 6.07) is 23.0. The number of hydrogen-bond donors (Lipinski definition) is 0. The van der Waals surface area contributed by atoms with Crippen molar-refractivity contribution < 1.29 is 4.58 Å². The largest absolute Gasteiger partial charge is 0.372 e. The number of benzene rings is 3. The van der Waals surface area contributed by atoms with Gasteiger partial charge in [0.1, 0.15) is 6.54 Å².